The number of aromatic nitrogens is 2. The largest absolute Gasteiger partial charge is 0.476 e. The lowest BCUT2D eigenvalue weighted by Crippen LogP contribution is -2.14. The molecule has 214 valence electrons. The molecular weight excluding hydrogens is 564 g/mol. The number of primary sulfonamides is 1. The standard InChI is InChI=1S/C31H25F2N3O5S/c32-23-6-2-4-21(14-23)20-3-1-5-22(13-20)27-15-24(30-35-26(17-41-30)31(37)38)28(12-18-7-8-18)36(27)16-19-9-10-29(25(33)11-19)42(34,39)40/h1-6,9-11,13-15,17-18H,7-8,12,16H2,(H,37,38)(H2,34,39,40). The van der Waals surface area contributed by atoms with E-state index in [2.05, 4.69) is 4.98 Å². The summed E-state index contributed by atoms with van der Waals surface area (Å²) in [5.74, 6) is -2.00. The van der Waals surface area contributed by atoms with Gasteiger partial charge in [0.05, 0.1) is 5.56 Å². The van der Waals surface area contributed by atoms with Gasteiger partial charge < -0.3 is 14.1 Å². The van der Waals surface area contributed by atoms with Crippen molar-refractivity contribution in [3.05, 3.63) is 108 Å². The van der Waals surface area contributed by atoms with Crippen LogP contribution in [0.25, 0.3) is 33.8 Å². The number of hydrogen-bond acceptors (Lipinski definition) is 5. The number of nitrogens with zero attached hydrogens (tertiary/aromatic N) is 2. The molecule has 1 aliphatic rings. The summed E-state index contributed by atoms with van der Waals surface area (Å²) in [5.41, 5.74) is 4.62. The van der Waals surface area contributed by atoms with E-state index >= 15 is 0 Å². The first-order valence-electron chi connectivity index (χ1n) is 13.2. The minimum atomic E-state index is -4.24. The van der Waals surface area contributed by atoms with Crippen molar-refractivity contribution < 1.29 is 31.5 Å². The zero-order valence-electron chi connectivity index (χ0n) is 22.1. The summed E-state index contributed by atoms with van der Waals surface area (Å²) in [4.78, 5) is 15.1. The molecule has 0 unspecified atom stereocenters. The number of nitrogens with two attached hydrogens (primary N) is 1. The van der Waals surface area contributed by atoms with E-state index < -0.39 is 26.7 Å². The van der Waals surface area contributed by atoms with Crippen molar-refractivity contribution in [2.45, 2.75) is 30.7 Å². The van der Waals surface area contributed by atoms with E-state index in [-0.39, 0.29) is 23.9 Å². The van der Waals surface area contributed by atoms with Gasteiger partial charge in [0.15, 0.2) is 5.69 Å². The number of carboxylic acids is 1. The summed E-state index contributed by atoms with van der Waals surface area (Å²) in [6, 6.07) is 19.4. The van der Waals surface area contributed by atoms with Gasteiger partial charge in [-0.25, -0.2) is 32.1 Å². The molecular formula is C31H25F2N3O5S. The van der Waals surface area contributed by atoms with Crippen LogP contribution < -0.4 is 5.14 Å². The van der Waals surface area contributed by atoms with Crippen molar-refractivity contribution in [1.29, 1.82) is 0 Å². The van der Waals surface area contributed by atoms with Crippen LogP contribution in [-0.2, 0) is 23.0 Å². The average molecular weight is 590 g/mol. The number of benzene rings is 3. The predicted octanol–water partition coefficient (Wildman–Crippen LogP) is 6.10. The Morgan fingerprint density at radius 3 is 2.36 bits per heavy atom. The molecule has 0 spiro atoms. The van der Waals surface area contributed by atoms with Gasteiger partial charge in [-0.2, -0.15) is 0 Å². The molecule has 0 bridgehead atoms. The fraction of sp³-hybridized carbons (Fsp3) is 0.161. The Balaban J connectivity index is 1.53. The summed E-state index contributed by atoms with van der Waals surface area (Å²) < 4.78 is 60.0. The SMILES string of the molecule is NS(=O)(=O)c1ccc(Cn2c(-c3cccc(-c4cccc(F)c4)c3)cc(-c3nc(C(=O)O)co3)c2CC2CC2)cc1F. The number of sulfonamides is 1. The summed E-state index contributed by atoms with van der Waals surface area (Å²) in [6.45, 7) is 0.163. The molecule has 0 radical (unpaired) electrons. The molecule has 6 rings (SSSR count). The second-order valence-electron chi connectivity index (χ2n) is 10.4. The molecule has 1 fully saturated rings. The van der Waals surface area contributed by atoms with Crippen LogP contribution in [-0.4, -0.2) is 29.0 Å². The number of rotatable bonds is 9. The zero-order valence-corrected chi connectivity index (χ0v) is 22.9. The number of hydrogen-bond donors (Lipinski definition) is 2. The minimum absolute atomic E-state index is 0.139. The fourth-order valence-electron chi connectivity index (χ4n) is 5.09. The molecule has 1 aliphatic carbocycles. The van der Waals surface area contributed by atoms with Crippen molar-refractivity contribution in [1.82, 2.24) is 9.55 Å². The predicted molar refractivity (Wildman–Crippen MR) is 151 cm³/mol. The molecule has 3 N–H and O–H groups in total. The summed E-state index contributed by atoms with van der Waals surface area (Å²) in [5, 5.41) is 14.6. The Hall–Kier alpha value is -4.61. The molecule has 8 nitrogen and oxygen atoms in total. The number of carbonyl (C=O) groups is 1. The summed E-state index contributed by atoms with van der Waals surface area (Å²) in [7, 11) is -4.24. The molecule has 0 aliphatic heterocycles. The molecule has 11 heteroatoms. The van der Waals surface area contributed by atoms with Crippen molar-refractivity contribution in [3.8, 4) is 33.8 Å². The third-order valence-corrected chi connectivity index (χ3v) is 8.25. The molecule has 1 saturated carbocycles. The molecule has 3 aromatic carbocycles. The molecule has 5 aromatic rings. The highest BCUT2D eigenvalue weighted by Gasteiger charge is 2.29. The Morgan fingerprint density at radius 2 is 1.71 bits per heavy atom. The zero-order chi connectivity index (χ0) is 29.6. The number of aromatic carboxylic acids is 1. The van der Waals surface area contributed by atoms with Crippen LogP contribution in [0.1, 0.15) is 34.6 Å². The van der Waals surface area contributed by atoms with Gasteiger partial charge in [-0.1, -0.05) is 36.4 Å². The highest BCUT2D eigenvalue weighted by Crippen LogP contribution is 2.40. The number of carboxylic acid groups (broad SMARTS) is 1. The van der Waals surface area contributed by atoms with Crippen LogP contribution >= 0.6 is 0 Å². The first-order chi connectivity index (χ1) is 20.1. The van der Waals surface area contributed by atoms with Gasteiger partial charge in [0.1, 0.15) is 22.8 Å². The van der Waals surface area contributed by atoms with Crippen molar-refractivity contribution in [3.63, 3.8) is 0 Å². The van der Waals surface area contributed by atoms with Crippen LogP contribution in [0.2, 0.25) is 0 Å². The Labute approximate surface area is 240 Å². The maximum atomic E-state index is 14.8. The summed E-state index contributed by atoms with van der Waals surface area (Å²) in [6.07, 6.45) is 3.78. The number of halogens is 2. The molecule has 2 heterocycles. The molecule has 2 aromatic heterocycles. The van der Waals surface area contributed by atoms with Crippen LogP contribution in [0, 0.1) is 17.6 Å². The lowest BCUT2D eigenvalue weighted by atomic mass is 10.0. The van der Waals surface area contributed by atoms with Gasteiger partial charge >= 0.3 is 5.97 Å². The van der Waals surface area contributed by atoms with Crippen LogP contribution in [0.3, 0.4) is 0 Å². The molecule has 42 heavy (non-hydrogen) atoms. The van der Waals surface area contributed by atoms with Gasteiger partial charge in [0.25, 0.3) is 0 Å². The average Bonchev–Trinajstić information content (AvgIpc) is 3.50. The van der Waals surface area contributed by atoms with E-state index in [0.29, 0.717) is 34.7 Å². The van der Waals surface area contributed by atoms with Gasteiger partial charge in [-0.15, -0.1) is 0 Å². The third-order valence-electron chi connectivity index (χ3n) is 7.30. The normalized spacial score (nSPS) is 13.4. The Kier molecular flexibility index (Phi) is 6.99. The highest BCUT2D eigenvalue weighted by molar-refractivity contribution is 7.89. The third kappa shape index (κ3) is 5.61. The molecule has 0 atom stereocenters. The van der Waals surface area contributed by atoms with E-state index in [9.17, 15) is 27.1 Å². The van der Waals surface area contributed by atoms with E-state index in [0.717, 1.165) is 48.1 Å². The maximum Gasteiger partial charge on any atom is 0.357 e. The second-order valence-corrected chi connectivity index (χ2v) is 11.9. The minimum Gasteiger partial charge on any atom is -0.476 e. The van der Waals surface area contributed by atoms with E-state index in [1.165, 1.54) is 18.2 Å². The van der Waals surface area contributed by atoms with E-state index in [1.54, 1.807) is 12.1 Å². The first-order valence-corrected chi connectivity index (χ1v) is 14.7. The topological polar surface area (TPSA) is 128 Å². The first kappa shape index (κ1) is 27.6. The van der Waals surface area contributed by atoms with Crippen LogP contribution in [0.4, 0.5) is 8.78 Å². The lowest BCUT2D eigenvalue weighted by molar-refractivity contribution is 0.0690. The van der Waals surface area contributed by atoms with Crippen molar-refractivity contribution in [2.75, 3.05) is 0 Å². The van der Waals surface area contributed by atoms with Crippen molar-refractivity contribution in [2.24, 2.45) is 11.1 Å². The van der Waals surface area contributed by atoms with Gasteiger partial charge in [-0.3, -0.25) is 0 Å². The molecule has 0 amide bonds. The van der Waals surface area contributed by atoms with E-state index in [1.807, 2.05) is 34.9 Å². The van der Waals surface area contributed by atoms with Gasteiger partial charge in [-0.05, 0) is 83.8 Å². The fourth-order valence-corrected chi connectivity index (χ4v) is 5.68. The number of oxazole rings is 1. The second kappa shape index (κ2) is 10.7. The highest BCUT2D eigenvalue weighted by atomic mass is 32.2. The van der Waals surface area contributed by atoms with Crippen LogP contribution in [0.5, 0.6) is 0 Å². The monoisotopic (exact) mass is 589 g/mol. The molecule has 0 saturated heterocycles. The quantitative estimate of drug-likeness (QED) is 0.214. The van der Waals surface area contributed by atoms with Gasteiger partial charge in [0.2, 0.25) is 15.9 Å². The van der Waals surface area contributed by atoms with E-state index in [4.69, 9.17) is 9.56 Å². The maximum absolute atomic E-state index is 14.8. The van der Waals surface area contributed by atoms with Crippen molar-refractivity contribution >= 4 is 16.0 Å². The Bertz CT molecular complexity index is 1940. The smallest absolute Gasteiger partial charge is 0.357 e. The lowest BCUT2D eigenvalue weighted by Gasteiger charge is -2.16. The van der Waals surface area contributed by atoms with Gasteiger partial charge in [0, 0.05) is 17.9 Å². The van der Waals surface area contributed by atoms with Crippen LogP contribution in [0.15, 0.2) is 88.4 Å². The summed E-state index contributed by atoms with van der Waals surface area (Å²) >= 11 is 0. The Morgan fingerprint density at radius 1 is 1.00 bits per heavy atom.